The Kier molecular flexibility index (Phi) is 12.4. The van der Waals surface area contributed by atoms with Gasteiger partial charge in [0.15, 0.2) is 5.60 Å². The first-order valence-corrected chi connectivity index (χ1v) is 22.3. The third-order valence-corrected chi connectivity index (χ3v) is 16.1. The number of aliphatic hydroxyl groups excluding tert-OH is 1. The zero-order valence-corrected chi connectivity index (χ0v) is 33.6. The van der Waals surface area contributed by atoms with Gasteiger partial charge in [0, 0.05) is 56.3 Å². The summed E-state index contributed by atoms with van der Waals surface area (Å²) in [6.45, 7) is 8.65. The molecule has 3 aliphatic heterocycles. The first kappa shape index (κ1) is 40.1. The largest absolute Gasteiger partial charge is 0.497 e. The van der Waals surface area contributed by atoms with Crippen LogP contribution in [0, 0.1) is 5.92 Å². The summed E-state index contributed by atoms with van der Waals surface area (Å²) in [6, 6.07) is 23.5. The molecule has 3 amide bonds. The van der Waals surface area contributed by atoms with Crippen molar-refractivity contribution in [3.05, 3.63) is 83.9 Å². The smallest absolute Gasteiger partial charge is 0.305 e. The van der Waals surface area contributed by atoms with E-state index in [-0.39, 0.29) is 67.7 Å². The predicted molar refractivity (Wildman–Crippen MR) is 213 cm³/mol. The number of carbonyl (C=O) groups is 4. The zero-order chi connectivity index (χ0) is 39.3. The fourth-order valence-electron chi connectivity index (χ4n) is 8.93. The molecule has 3 aromatic carbocycles. The van der Waals surface area contributed by atoms with Crippen LogP contribution in [0.5, 0.6) is 5.75 Å². The highest BCUT2D eigenvalue weighted by Crippen LogP contribution is 2.60. The van der Waals surface area contributed by atoms with Gasteiger partial charge in [-0.25, -0.2) is 0 Å². The maximum Gasteiger partial charge on any atom is 0.305 e. The second kappa shape index (κ2) is 17.1. The monoisotopic (exact) mass is 770 g/mol. The van der Waals surface area contributed by atoms with Gasteiger partial charge >= 0.3 is 5.97 Å². The lowest BCUT2D eigenvalue weighted by Gasteiger charge is -2.37. The normalized spacial score (nSPS) is 22.3. The number of unbranched alkanes of at least 4 members (excludes halogenated alkanes) is 1. The molecule has 1 spiro atoms. The molecule has 2 N–H and O–H groups in total. The first-order chi connectivity index (χ1) is 26.5. The van der Waals surface area contributed by atoms with Crippen molar-refractivity contribution in [3.63, 3.8) is 0 Å². The van der Waals surface area contributed by atoms with Gasteiger partial charge in [0.1, 0.15) is 5.75 Å². The van der Waals surface area contributed by atoms with Crippen molar-refractivity contribution in [1.82, 2.24) is 10.2 Å². The molecule has 294 valence electrons. The lowest BCUT2D eigenvalue weighted by molar-refractivity contribution is -0.149. The molecule has 3 heterocycles. The average Bonchev–Trinajstić information content (AvgIpc) is 3.62. The summed E-state index contributed by atoms with van der Waals surface area (Å²) in [5.41, 5.74) is 1.42. The summed E-state index contributed by atoms with van der Waals surface area (Å²) in [4.78, 5) is 59.8. The molecule has 0 radical (unpaired) electrons. The van der Waals surface area contributed by atoms with Crippen LogP contribution in [-0.4, -0.2) is 101 Å². The molecule has 4 atom stereocenters. The van der Waals surface area contributed by atoms with Gasteiger partial charge < -0.3 is 39.3 Å². The van der Waals surface area contributed by atoms with Gasteiger partial charge in [-0.3, -0.25) is 19.2 Å². The first-order valence-electron chi connectivity index (χ1n) is 19.3. The van der Waals surface area contributed by atoms with Crippen molar-refractivity contribution in [1.29, 1.82) is 0 Å². The molecule has 2 fully saturated rings. The molecule has 13 heteroatoms. The number of nitrogens with one attached hydrogen (secondary N) is 1. The molecule has 0 saturated carbocycles. The van der Waals surface area contributed by atoms with Crippen LogP contribution in [0.25, 0.3) is 0 Å². The van der Waals surface area contributed by atoms with Gasteiger partial charge in [-0.15, -0.1) is 0 Å². The maximum absolute atomic E-state index is 15.2. The summed E-state index contributed by atoms with van der Waals surface area (Å²) in [7, 11) is 0.432. The quantitative estimate of drug-likeness (QED) is 0.134. The molecule has 12 nitrogen and oxygen atoms in total. The number of aliphatic hydroxyl groups is 1. The zero-order valence-electron chi connectivity index (χ0n) is 32.6. The minimum absolute atomic E-state index is 0.0217. The summed E-state index contributed by atoms with van der Waals surface area (Å²) >= 11 is 0. The topological polar surface area (TPSA) is 138 Å². The summed E-state index contributed by atoms with van der Waals surface area (Å²) in [5, 5.41) is 14.3. The number of benzene rings is 3. The molecule has 0 aliphatic carbocycles. The average molecular weight is 771 g/mol. The Labute approximate surface area is 324 Å². The third kappa shape index (κ3) is 7.93. The number of esters is 1. The van der Waals surface area contributed by atoms with Crippen molar-refractivity contribution in [3.8, 4) is 5.75 Å². The number of amides is 3. The van der Waals surface area contributed by atoms with Crippen molar-refractivity contribution >= 4 is 48.3 Å². The summed E-state index contributed by atoms with van der Waals surface area (Å²) in [6.07, 6.45) is 0.740. The predicted octanol–water partition coefficient (Wildman–Crippen LogP) is 3.95. The molecule has 2 saturated heterocycles. The Hall–Kier alpha value is -4.56. The molecule has 55 heavy (non-hydrogen) atoms. The highest BCUT2D eigenvalue weighted by atomic mass is 28.3. The van der Waals surface area contributed by atoms with E-state index in [9.17, 15) is 19.5 Å². The van der Waals surface area contributed by atoms with Crippen molar-refractivity contribution in [2.45, 2.75) is 69.5 Å². The van der Waals surface area contributed by atoms with Crippen LogP contribution in [0.4, 0.5) is 11.4 Å². The van der Waals surface area contributed by atoms with Crippen LogP contribution >= 0.6 is 0 Å². The number of nitrogens with zero attached hydrogens (tertiary/aromatic N) is 3. The van der Waals surface area contributed by atoms with Crippen LogP contribution in [0.2, 0.25) is 18.6 Å². The van der Waals surface area contributed by atoms with Gasteiger partial charge in [0.25, 0.3) is 5.91 Å². The van der Waals surface area contributed by atoms with Crippen molar-refractivity contribution < 1.29 is 38.5 Å². The summed E-state index contributed by atoms with van der Waals surface area (Å²) < 4.78 is 17.6. The number of hydrogen-bond donors (Lipinski definition) is 2. The Balaban J connectivity index is 1.43. The number of hydrogen-bond acceptors (Lipinski definition) is 9. The SMILES string of the molecule is COC(=O)CCCCN1C(=O)[C@@]2(O[C@@H](CC(=O)N(CCO)Cc3ccccc3)[C@H]([Si](C)(C)c3ccc(OC)cc3)[C@H]2C)c2cc(N3CCNCC3=O)ccc21. The van der Waals surface area contributed by atoms with Crippen LogP contribution in [0.3, 0.4) is 0 Å². The molecule has 6 rings (SSSR count). The molecule has 0 bridgehead atoms. The van der Waals surface area contributed by atoms with E-state index in [4.69, 9.17) is 14.2 Å². The lowest BCUT2D eigenvalue weighted by Crippen LogP contribution is -2.52. The maximum atomic E-state index is 15.2. The fourth-order valence-corrected chi connectivity index (χ4v) is 12.9. The van der Waals surface area contributed by atoms with Crippen LogP contribution in [0.1, 0.15) is 43.7 Å². The van der Waals surface area contributed by atoms with Crippen molar-refractivity contribution in [2.75, 3.05) is 63.4 Å². The van der Waals surface area contributed by atoms with Gasteiger partial charge in [-0.2, -0.15) is 0 Å². The lowest BCUT2D eigenvalue weighted by atomic mass is 9.82. The highest BCUT2D eigenvalue weighted by Gasteiger charge is 2.66. The van der Waals surface area contributed by atoms with E-state index in [0.29, 0.717) is 56.0 Å². The van der Waals surface area contributed by atoms with E-state index in [1.165, 1.54) is 7.11 Å². The molecule has 3 aliphatic rings. The van der Waals surface area contributed by atoms with E-state index >= 15 is 4.79 Å². The van der Waals surface area contributed by atoms with Gasteiger partial charge in [-0.1, -0.05) is 67.7 Å². The molecule has 0 aromatic heterocycles. The van der Waals surface area contributed by atoms with Crippen LogP contribution in [0.15, 0.2) is 72.8 Å². The van der Waals surface area contributed by atoms with Gasteiger partial charge in [0.2, 0.25) is 11.8 Å². The minimum atomic E-state index is -2.57. The van der Waals surface area contributed by atoms with E-state index in [2.05, 4.69) is 37.5 Å². The molecular weight excluding hydrogens is 717 g/mol. The van der Waals surface area contributed by atoms with E-state index in [0.717, 1.165) is 16.5 Å². The number of piperazine rings is 1. The third-order valence-electron chi connectivity index (χ3n) is 11.8. The standard InChI is InChI=1S/C42H54N4O8Si/c1-29-40(55(4,5)33-17-15-32(52-2)16-18-33)36(26-37(48)44(23-24-47)28-30-11-7-6-8-12-30)54-42(29)34-25-31(45-22-20-43-27-38(45)49)14-19-35(34)46(41(42)51)21-10-9-13-39(50)53-3/h6-8,11-12,14-19,25,29,36,40,43,47H,9-10,13,20-24,26-28H2,1-5H3/t29-,36+,40-,42+/m1/s1. The number of fused-ring (bicyclic) bond motifs is 2. The second-order valence-electron chi connectivity index (χ2n) is 15.3. The van der Waals surface area contributed by atoms with Gasteiger partial charge in [0.05, 0.1) is 53.7 Å². The van der Waals surface area contributed by atoms with Crippen LogP contribution in [-0.2, 0) is 40.8 Å². The number of rotatable bonds is 15. The van der Waals surface area contributed by atoms with E-state index < -0.39 is 19.8 Å². The molecular formula is C42H54N4O8Si. The highest BCUT2D eigenvalue weighted by molar-refractivity contribution is 6.91. The van der Waals surface area contributed by atoms with E-state index in [1.54, 1.807) is 21.8 Å². The van der Waals surface area contributed by atoms with E-state index in [1.807, 2.05) is 60.7 Å². The van der Waals surface area contributed by atoms with Crippen molar-refractivity contribution in [2.24, 2.45) is 5.92 Å². The number of ether oxygens (including phenoxy) is 3. The Morgan fingerprint density at radius 2 is 1.78 bits per heavy atom. The number of anilines is 2. The van der Waals surface area contributed by atoms with Crippen LogP contribution < -0.4 is 25.0 Å². The Morgan fingerprint density at radius 1 is 1.04 bits per heavy atom. The van der Waals surface area contributed by atoms with Gasteiger partial charge in [-0.05, 0) is 54.3 Å². The Bertz CT molecular complexity index is 1860. The number of carbonyl (C=O) groups excluding carboxylic acids is 4. The number of methoxy groups -OCH3 is 2. The summed E-state index contributed by atoms with van der Waals surface area (Å²) in [5.74, 6) is -0.344. The Morgan fingerprint density at radius 3 is 2.45 bits per heavy atom. The fraction of sp³-hybridized carbons (Fsp3) is 0.476. The minimum Gasteiger partial charge on any atom is -0.497 e. The molecule has 3 aromatic rings. The second-order valence-corrected chi connectivity index (χ2v) is 20.0. The molecule has 0 unspecified atom stereocenters.